The van der Waals surface area contributed by atoms with Crippen molar-refractivity contribution >= 4 is 27.7 Å². The number of nitrogens with zero attached hydrogens (tertiary/aromatic N) is 3. The number of rotatable bonds is 11. The number of hydrogen-bond acceptors (Lipinski definition) is 6. The summed E-state index contributed by atoms with van der Waals surface area (Å²) in [6.45, 7) is 8.32. The fraction of sp³-hybridized carbons (Fsp3) is 0.409. The lowest BCUT2D eigenvalue weighted by atomic mass is 10.2. The van der Waals surface area contributed by atoms with Crippen LogP contribution in [0.15, 0.2) is 47.0 Å². The van der Waals surface area contributed by atoms with Crippen LogP contribution in [0.25, 0.3) is 0 Å². The van der Waals surface area contributed by atoms with Crippen LogP contribution in [0, 0.1) is 0 Å². The summed E-state index contributed by atoms with van der Waals surface area (Å²) >= 11 is 3.53. The zero-order valence-electron chi connectivity index (χ0n) is 17.2. The Labute approximate surface area is 181 Å². The van der Waals surface area contributed by atoms with E-state index in [0.29, 0.717) is 25.6 Å². The highest BCUT2D eigenvalue weighted by Crippen LogP contribution is 2.26. The summed E-state index contributed by atoms with van der Waals surface area (Å²) in [6.07, 6.45) is 5.74. The van der Waals surface area contributed by atoms with Crippen molar-refractivity contribution in [1.82, 2.24) is 10.2 Å². The van der Waals surface area contributed by atoms with Gasteiger partial charge in [0.05, 0.1) is 6.61 Å². The molecule has 0 N–H and O–H groups in total. The monoisotopic (exact) mass is 461 g/mol. The minimum absolute atomic E-state index is 0.221. The first kappa shape index (κ1) is 22.9. The number of carbonyl (C=O) groups is 1. The Morgan fingerprint density at radius 2 is 2.03 bits per heavy atom. The molecule has 0 saturated heterocycles. The molecule has 0 aliphatic heterocycles. The molecule has 1 heterocycles. The molecule has 0 fully saturated rings. The van der Waals surface area contributed by atoms with Gasteiger partial charge in [-0.15, -0.1) is 10.2 Å². The minimum atomic E-state index is -0.438. The molecule has 29 heavy (non-hydrogen) atoms. The van der Waals surface area contributed by atoms with Crippen LogP contribution in [-0.4, -0.2) is 35.9 Å². The van der Waals surface area contributed by atoms with E-state index >= 15 is 0 Å². The molecule has 0 unspecified atom stereocenters. The number of esters is 1. The zero-order chi connectivity index (χ0) is 21.1. The van der Waals surface area contributed by atoms with E-state index in [1.165, 1.54) is 0 Å². The molecule has 0 radical (unpaired) electrons. The number of anilines is 1. The Hall–Kier alpha value is -2.41. The van der Waals surface area contributed by atoms with Gasteiger partial charge in [-0.2, -0.15) is 0 Å². The Balaban J connectivity index is 2.11. The number of ether oxygens (including phenoxy) is 2. The maximum absolute atomic E-state index is 12.0. The average molecular weight is 462 g/mol. The predicted molar refractivity (Wildman–Crippen MR) is 118 cm³/mol. The topological polar surface area (TPSA) is 64.5 Å². The second-order valence-corrected chi connectivity index (χ2v) is 7.33. The van der Waals surface area contributed by atoms with Gasteiger partial charge in [-0.3, -0.25) is 0 Å². The van der Waals surface area contributed by atoms with Crippen molar-refractivity contribution in [3.63, 3.8) is 0 Å². The molecule has 0 bridgehead atoms. The predicted octanol–water partition coefficient (Wildman–Crippen LogP) is 5.18. The molecule has 156 valence electrons. The summed E-state index contributed by atoms with van der Waals surface area (Å²) in [5.41, 5.74) is 1.26. The summed E-state index contributed by atoms with van der Waals surface area (Å²) in [7, 11) is 0. The Kier molecular flexibility index (Phi) is 9.64. The van der Waals surface area contributed by atoms with E-state index in [9.17, 15) is 4.79 Å². The second-order valence-electron chi connectivity index (χ2n) is 6.41. The van der Waals surface area contributed by atoms with Crippen LogP contribution in [-0.2, 0) is 11.3 Å². The Bertz CT molecular complexity index is 809. The lowest BCUT2D eigenvalue weighted by Crippen LogP contribution is -2.24. The highest BCUT2D eigenvalue weighted by molar-refractivity contribution is 9.10. The molecule has 1 aromatic heterocycles. The van der Waals surface area contributed by atoms with Crippen molar-refractivity contribution in [3.8, 4) is 5.75 Å². The van der Waals surface area contributed by atoms with Crippen molar-refractivity contribution in [2.75, 3.05) is 24.7 Å². The van der Waals surface area contributed by atoms with Gasteiger partial charge in [-0.1, -0.05) is 41.4 Å². The van der Waals surface area contributed by atoms with E-state index in [-0.39, 0.29) is 5.69 Å². The van der Waals surface area contributed by atoms with Crippen LogP contribution in [0.2, 0.25) is 0 Å². The Morgan fingerprint density at radius 1 is 1.21 bits per heavy atom. The van der Waals surface area contributed by atoms with Gasteiger partial charge in [0.2, 0.25) is 0 Å². The average Bonchev–Trinajstić information content (AvgIpc) is 2.74. The van der Waals surface area contributed by atoms with Gasteiger partial charge < -0.3 is 14.4 Å². The van der Waals surface area contributed by atoms with Gasteiger partial charge >= 0.3 is 5.97 Å². The van der Waals surface area contributed by atoms with Gasteiger partial charge in [0.15, 0.2) is 11.5 Å². The normalized spacial score (nSPS) is 10.9. The largest absolute Gasteiger partial charge is 0.489 e. The first-order valence-electron chi connectivity index (χ1n) is 9.87. The highest BCUT2D eigenvalue weighted by atomic mass is 79.9. The van der Waals surface area contributed by atoms with Crippen LogP contribution in [0.3, 0.4) is 0 Å². The van der Waals surface area contributed by atoms with Gasteiger partial charge in [0.1, 0.15) is 12.4 Å². The van der Waals surface area contributed by atoms with E-state index in [2.05, 4.69) is 31.0 Å². The van der Waals surface area contributed by atoms with Crippen LogP contribution < -0.4 is 9.64 Å². The van der Waals surface area contributed by atoms with E-state index < -0.39 is 5.97 Å². The molecule has 0 atom stereocenters. The number of hydrogen-bond donors (Lipinski definition) is 0. The minimum Gasteiger partial charge on any atom is -0.489 e. The lowest BCUT2D eigenvalue weighted by Gasteiger charge is -2.23. The zero-order valence-corrected chi connectivity index (χ0v) is 18.8. The third-order valence-electron chi connectivity index (χ3n) is 4.25. The third-order valence-corrected chi connectivity index (χ3v) is 4.74. The molecule has 0 saturated carbocycles. The third kappa shape index (κ3) is 7.16. The maximum atomic E-state index is 12.0. The van der Waals surface area contributed by atoms with Crippen molar-refractivity contribution in [2.45, 2.75) is 40.2 Å². The molecule has 7 heteroatoms. The van der Waals surface area contributed by atoms with Crippen molar-refractivity contribution < 1.29 is 14.3 Å². The fourth-order valence-corrected chi connectivity index (χ4v) is 3.00. The van der Waals surface area contributed by atoms with Crippen molar-refractivity contribution in [2.24, 2.45) is 0 Å². The molecule has 0 spiro atoms. The van der Waals surface area contributed by atoms with E-state index in [1.54, 1.807) is 12.1 Å². The van der Waals surface area contributed by atoms with Crippen molar-refractivity contribution in [1.29, 1.82) is 0 Å². The first-order valence-corrected chi connectivity index (χ1v) is 10.7. The molecule has 0 amide bonds. The smallest absolute Gasteiger partial charge is 0.358 e. The number of benzene rings is 1. The number of allylic oxidation sites excluding steroid dienone is 1. The molecular weight excluding hydrogens is 434 g/mol. The summed E-state index contributed by atoms with van der Waals surface area (Å²) in [5.74, 6) is 1.08. The second kappa shape index (κ2) is 12.2. The molecule has 2 rings (SSSR count). The molecule has 2 aromatic rings. The number of halogens is 1. The van der Waals surface area contributed by atoms with E-state index in [1.807, 2.05) is 51.1 Å². The molecule has 1 aromatic carbocycles. The van der Waals surface area contributed by atoms with Gasteiger partial charge in [-0.05, 0) is 50.6 Å². The molecule has 0 aliphatic rings. The van der Waals surface area contributed by atoms with E-state index in [4.69, 9.17) is 9.47 Å². The van der Waals surface area contributed by atoms with Crippen molar-refractivity contribution in [3.05, 3.63) is 58.2 Å². The summed E-state index contributed by atoms with van der Waals surface area (Å²) in [6, 6.07) is 9.41. The van der Waals surface area contributed by atoms with Gasteiger partial charge in [-0.25, -0.2) is 4.79 Å². The number of aromatic nitrogens is 2. The summed E-state index contributed by atoms with van der Waals surface area (Å²) in [4.78, 5) is 14.1. The van der Waals surface area contributed by atoms with Gasteiger partial charge in [0, 0.05) is 23.1 Å². The number of carbonyl (C=O) groups excluding carboxylic acids is 1. The summed E-state index contributed by atoms with van der Waals surface area (Å²) < 4.78 is 12.0. The molecule has 0 aliphatic carbocycles. The van der Waals surface area contributed by atoms with Gasteiger partial charge in [0.25, 0.3) is 0 Å². The van der Waals surface area contributed by atoms with Crippen LogP contribution in [0.4, 0.5) is 5.82 Å². The fourth-order valence-electron chi connectivity index (χ4n) is 2.59. The van der Waals surface area contributed by atoms with Crippen LogP contribution in [0.1, 0.15) is 49.7 Å². The highest BCUT2D eigenvalue weighted by Gasteiger charge is 2.14. The standard InChI is InChI=1S/C22H28BrN3O3/c1-4-7-13-28-20-11-9-18(23)15-17(20)16-26(6-3)21-12-10-19(24-25-21)22(27)29-14-8-5-2/h4,7,9-12,15H,5-6,8,13-14,16H2,1-3H3/b7-4+. The van der Waals surface area contributed by atoms with Crippen LogP contribution >= 0.6 is 15.9 Å². The van der Waals surface area contributed by atoms with E-state index in [0.717, 1.165) is 35.2 Å². The summed E-state index contributed by atoms with van der Waals surface area (Å²) in [5, 5.41) is 8.29. The number of unbranched alkanes of at least 4 members (excludes halogenated alkanes) is 1. The SMILES string of the molecule is C/C=C/COc1ccc(Br)cc1CN(CC)c1ccc(C(=O)OCCCC)nn1. The molecule has 6 nitrogen and oxygen atoms in total. The quantitative estimate of drug-likeness (QED) is 0.261. The maximum Gasteiger partial charge on any atom is 0.358 e. The molecular formula is C22H28BrN3O3. The lowest BCUT2D eigenvalue weighted by molar-refractivity contribution is 0.0491. The first-order chi connectivity index (χ1) is 14.1. The Morgan fingerprint density at radius 3 is 2.69 bits per heavy atom. The van der Waals surface area contributed by atoms with Crippen LogP contribution in [0.5, 0.6) is 5.75 Å².